The van der Waals surface area contributed by atoms with E-state index >= 15 is 0 Å². The fraction of sp³-hybridized carbons (Fsp3) is 0.812. The molecule has 4 heteroatoms. The van der Waals surface area contributed by atoms with Crippen LogP contribution in [0.1, 0.15) is 60.6 Å². The Bertz CT molecular complexity index is 403. The molecule has 2 aliphatic rings. The summed E-state index contributed by atoms with van der Waals surface area (Å²) in [5.74, 6) is 0.600. The van der Waals surface area contributed by atoms with Gasteiger partial charge in [-0.25, -0.2) is 4.98 Å². The number of thiazole rings is 1. The van der Waals surface area contributed by atoms with Crippen LogP contribution >= 0.6 is 11.3 Å². The third-order valence-corrected chi connectivity index (χ3v) is 5.65. The van der Waals surface area contributed by atoms with Crippen LogP contribution in [0, 0.1) is 5.92 Å². The van der Waals surface area contributed by atoms with Gasteiger partial charge in [0.1, 0.15) is 5.01 Å². The minimum absolute atomic E-state index is 0.408. The molecular formula is C16H26N2OS. The first kappa shape index (κ1) is 14.5. The number of nitrogens with zero attached hydrogens (tertiary/aromatic N) is 1. The van der Waals surface area contributed by atoms with Gasteiger partial charge in [0.2, 0.25) is 0 Å². The lowest BCUT2D eigenvalue weighted by atomic mass is 9.94. The fourth-order valence-electron chi connectivity index (χ4n) is 3.29. The number of aromatic nitrogens is 1. The van der Waals surface area contributed by atoms with E-state index in [2.05, 4.69) is 12.2 Å². The SMILES string of the molecule is CCCNC(c1nc2c(s1)CCCC2)C1CCCOC1. The summed E-state index contributed by atoms with van der Waals surface area (Å²) >= 11 is 1.96. The van der Waals surface area contributed by atoms with Crippen molar-refractivity contribution in [3.05, 3.63) is 15.6 Å². The molecule has 0 aromatic carbocycles. The molecule has 1 aliphatic heterocycles. The Morgan fingerprint density at radius 1 is 1.35 bits per heavy atom. The van der Waals surface area contributed by atoms with Gasteiger partial charge >= 0.3 is 0 Å². The van der Waals surface area contributed by atoms with Gasteiger partial charge in [-0.1, -0.05) is 6.92 Å². The third-order valence-electron chi connectivity index (χ3n) is 4.41. The number of rotatable bonds is 5. The molecule has 1 N–H and O–H groups in total. The summed E-state index contributed by atoms with van der Waals surface area (Å²) in [7, 11) is 0. The zero-order chi connectivity index (χ0) is 13.8. The number of nitrogens with one attached hydrogen (secondary N) is 1. The number of hydrogen-bond acceptors (Lipinski definition) is 4. The van der Waals surface area contributed by atoms with E-state index < -0.39 is 0 Å². The first-order valence-electron chi connectivity index (χ1n) is 8.18. The van der Waals surface area contributed by atoms with Gasteiger partial charge in [-0.3, -0.25) is 0 Å². The monoisotopic (exact) mass is 294 g/mol. The molecule has 1 aliphatic carbocycles. The summed E-state index contributed by atoms with van der Waals surface area (Å²) in [5.41, 5.74) is 1.39. The summed E-state index contributed by atoms with van der Waals surface area (Å²) < 4.78 is 5.70. The van der Waals surface area contributed by atoms with Crippen molar-refractivity contribution in [3.63, 3.8) is 0 Å². The fourth-order valence-corrected chi connectivity index (χ4v) is 4.61. The molecule has 1 aromatic rings. The van der Waals surface area contributed by atoms with E-state index in [0.29, 0.717) is 12.0 Å². The Kier molecular flexibility index (Phi) is 5.08. The first-order chi connectivity index (χ1) is 9.88. The third kappa shape index (κ3) is 3.23. The molecule has 0 amide bonds. The summed E-state index contributed by atoms with van der Waals surface area (Å²) in [4.78, 5) is 6.53. The molecule has 1 saturated heterocycles. The molecule has 0 bridgehead atoms. The van der Waals surface area contributed by atoms with E-state index in [4.69, 9.17) is 9.72 Å². The average Bonchev–Trinajstić information content (AvgIpc) is 2.92. The lowest BCUT2D eigenvalue weighted by molar-refractivity contribution is 0.0390. The predicted molar refractivity (Wildman–Crippen MR) is 83.3 cm³/mol. The van der Waals surface area contributed by atoms with E-state index in [0.717, 1.165) is 19.8 Å². The topological polar surface area (TPSA) is 34.2 Å². The van der Waals surface area contributed by atoms with Gasteiger partial charge < -0.3 is 10.1 Å². The number of ether oxygens (including phenoxy) is 1. The molecule has 20 heavy (non-hydrogen) atoms. The lowest BCUT2D eigenvalue weighted by Gasteiger charge is -2.29. The molecule has 1 fully saturated rings. The predicted octanol–water partition coefficient (Wildman–Crippen LogP) is 3.49. The molecule has 0 radical (unpaired) electrons. The molecule has 112 valence electrons. The van der Waals surface area contributed by atoms with Gasteiger partial charge in [-0.05, 0) is 51.5 Å². The van der Waals surface area contributed by atoms with Crippen LogP contribution in [0.25, 0.3) is 0 Å². The second-order valence-corrected chi connectivity index (χ2v) is 7.15. The molecule has 1 aromatic heterocycles. The van der Waals surface area contributed by atoms with E-state index in [1.165, 1.54) is 55.6 Å². The van der Waals surface area contributed by atoms with Crippen LogP contribution in [0.3, 0.4) is 0 Å². The summed E-state index contributed by atoms with van der Waals surface area (Å²) in [6, 6.07) is 0.408. The maximum absolute atomic E-state index is 5.70. The molecule has 3 nitrogen and oxygen atoms in total. The van der Waals surface area contributed by atoms with Crippen LogP contribution in [0.2, 0.25) is 0 Å². The van der Waals surface area contributed by atoms with Crippen LogP contribution in [-0.4, -0.2) is 24.7 Å². The highest BCUT2D eigenvalue weighted by Gasteiger charge is 2.29. The Morgan fingerprint density at radius 3 is 3.00 bits per heavy atom. The quantitative estimate of drug-likeness (QED) is 0.902. The van der Waals surface area contributed by atoms with E-state index in [1.807, 2.05) is 11.3 Å². The number of hydrogen-bond donors (Lipinski definition) is 1. The highest BCUT2D eigenvalue weighted by molar-refractivity contribution is 7.11. The van der Waals surface area contributed by atoms with Gasteiger partial charge in [-0.15, -0.1) is 11.3 Å². The van der Waals surface area contributed by atoms with Crippen molar-refractivity contribution in [3.8, 4) is 0 Å². The van der Waals surface area contributed by atoms with Crippen molar-refractivity contribution >= 4 is 11.3 Å². The minimum atomic E-state index is 0.408. The van der Waals surface area contributed by atoms with E-state index in [9.17, 15) is 0 Å². The molecule has 3 rings (SSSR count). The summed E-state index contributed by atoms with van der Waals surface area (Å²) in [5, 5.41) is 5.05. The van der Waals surface area contributed by atoms with Crippen molar-refractivity contribution in [2.75, 3.05) is 19.8 Å². The van der Waals surface area contributed by atoms with E-state index in [-0.39, 0.29) is 0 Å². The zero-order valence-electron chi connectivity index (χ0n) is 12.5. The highest BCUT2D eigenvalue weighted by Crippen LogP contribution is 2.35. The zero-order valence-corrected chi connectivity index (χ0v) is 13.3. The Morgan fingerprint density at radius 2 is 2.25 bits per heavy atom. The molecule has 2 heterocycles. The van der Waals surface area contributed by atoms with Gasteiger partial charge in [-0.2, -0.15) is 0 Å². The van der Waals surface area contributed by atoms with Crippen molar-refractivity contribution in [1.29, 1.82) is 0 Å². The van der Waals surface area contributed by atoms with Crippen LogP contribution in [0.15, 0.2) is 0 Å². The standard InChI is InChI=1S/C16H26N2OS/c1-2-9-17-15(12-6-5-10-19-11-12)16-18-13-7-3-4-8-14(13)20-16/h12,15,17H,2-11H2,1H3. The Balaban J connectivity index is 1.78. The molecule has 2 atom stereocenters. The van der Waals surface area contributed by atoms with Gasteiger partial charge in [0, 0.05) is 17.4 Å². The van der Waals surface area contributed by atoms with Crippen LogP contribution < -0.4 is 5.32 Å². The maximum Gasteiger partial charge on any atom is 0.110 e. The summed E-state index contributed by atoms with van der Waals surface area (Å²) in [6.07, 6.45) is 8.73. The molecular weight excluding hydrogens is 268 g/mol. The minimum Gasteiger partial charge on any atom is -0.381 e. The van der Waals surface area contributed by atoms with Crippen LogP contribution in [0.5, 0.6) is 0 Å². The van der Waals surface area contributed by atoms with Gasteiger partial charge in [0.05, 0.1) is 18.3 Å². The lowest BCUT2D eigenvalue weighted by Crippen LogP contribution is -2.33. The van der Waals surface area contributed by atoms with Crippen molar-refractivity contribution in [2.45, 2.75) is 57.9 Å². The average molecular weight is 294 g/mol. The second kappa shape index (κ2) is 7.01. The van der Waals surface area contributed by atoms with Gasteiger partial charge in [0.25, 0.3) is 0 Å². The van der Waals surface area contributed by atoms with E-state index in [1.54, 1.807) is 4.88 Å². The van der Waals surface area contributed by atoms with Crippen LogP contribution in [-0.2, 0) is 17.6 Å². The van der Waals surface area contributed by atoms with Crippen LogP contribution in [0.4, 0.5) is 0 Å². The second-order valence-electron chi connectivity index (χ2n) is 6.04. The number of fused-ring (bicyclic) bond motifs is 1. The Hall–Kier alpha value is -0.450. The number of aryl methyl sites for hydroxylation is 2. The molecule has 0 saturated carbocycles. The largest absolute Gasteiger partial charge is 0.381 e. The Labute approximate surface area is 126 Å². The first-order valence-corrected chi connectivity index (χ1v) is 8.99. The van der Waals surface area contributed by atoms with Crippen molar-refractivity contribution in [1.82, 2.24) is 10.3 Å². The maximum atomic E-state index is 5.70. The van der Waals surface area contributed by atoms with Crippen molar-refractivity contribution in [2.24, 2.45) is 5.92 Å². The smallest absolute Gasteiger partial charge is 0.110 e. The molecule has 2 unspecified atom stereocenters. The van der Waals surface area contributed by atoms with Crippen molar-refractivity contribution < 1.29 is 4.74 Å². The van der Waals surface area contributed by atoms with Gasteiger partial charge in [0.15, 0.2) is 0 Å². The normalized spacial score (nSPS) is 24.4. The highest BCUT2D eigenvalue weighted by atomic mass is 32.1. The molecule has 0 spiro atoms. The summed E-state index contributed by atoms with van der Waals surface area (Å²) in [6.45, 7) is 5.14.